The number of amides is 1. The minimum Gasteiger partial charge on any atom is -0.387 e. The monoisotopic (exact) mass is 289 g/mol. The number of unbranched alkanes of at least 4 members (excludes halogenated alkanes) is 1. The molecular formula is C14H18F3NO2. The second-order valence-corrected chi connectivity index (χ2v) is 4.54. The van der Waals surface area contributed by atoms with E-state index in [2.05, 4.69) is 5.32 Å². The Bertz CT molecular complexity index is 429. The molecule has 0 radical (unpaired) electrons. The largest absolute Gasteiger partial charge is 0.416 e. The van der Waals surface area contributed by atoms with E-state index in [4.69, 9.17) is 0 Å². The van der Waals surface area contributed by atoms with Crippen molar-refractivity contribution < 1.29 is 23.1 Å². The average molecular weight is 289 g/mol. The van der Waals surface area contributed by atoms with Gasteiger partial charge in [0.15, 0.2) is 0 Å². The summed E-state index contributed by atoms with van der Waals surface area (Å²) in [7, 11) is 0. The predicted molar refractivity (Wildman–Crippen MR) is 68.9 cm³/mol. The number of carbonyl (C=O) groups excluding carboxylic acids is 1. The quantitative estimate of drug-likeness (QED) is 0.845. The third-order valence-electron chi connectivity index (χ3n) is 2.87. The van der Waals surface area contributed by atoms with Gasteiger partial charge in [-0.1, -0.05) is 25.5 Å². The second kappa shape index (κ2) is 7.28. The number of benzene rings is 1. The predicted octanol–water partition coefficient (Wildman–Crippen LogP) is 3.05. The summed E-state index contributed by atoms with van der Waals surface area (Å²) < 4.78 is 37.1. The zero-order chi connectivity index (χ0) is 15.2. The number of carbonyl (C=O) groups is 1. The Labute approximate surface area is 115 Å². The number of halogens is 3. The number of alkyl halides is 3. The lowest BCUT2D eigenvalue weighted by Gasteiger charge is -2.13. The van der Waals surface area contributed by atoms with Crippen LogP contribution in [0.2, 0.25) is 0 Å². The van der Waals surface area contributed by atoms with Gasteiger partial charge in [0.25, 0.3) is 0 Å². The Morgan fingerprint density at radius 2 is 1.90 bits per heavy atom. The van der Waals surface area contributed by atoms with Gasteiger partial charge >= 0.3 is 6.18 Å². The lowest BCUT2D eigenvalue weighted by molar-refractivity contribution is -0.137. The lowest BCUT2D eigenvalue weighted by Crippen LogP contribution is -2.28. The maximum Gasteiger partial charge on any atom is 0.416 e. The van der Waals surface area contributed by atoms with Gasteiger partial charge in [0.2, 0.25) is 5.91 Å². The van der Waals surface area contributed by atoms with Crippen molar-refractivity contribution in [2.45, 2.75) is 38.5 Å². The van der Waals surface area contributed by atoms with Crippen LogP contribution in [0.5, 0.6) is 0 Å². The minimum absolute atomic E-state index is 0.00604. The molecule has 0 spiro atoms. The van der Waals surface area contributed by atoms with E-state index in [9.17, 15) is 23.1 Å². The molecule has 0 saturated carbocycles. The maximum absolute atomic E-state index is 12.4. The fraction of sp³-hybridized carbons (Fsp3) is 0.500. The molecule has 112 valence electrons. The lowest BCUT2D eigenvalue weighted by atomic mass is 10.1. The van der Waals surface area contributed by atoms with Gasteiger partial charge in [0.1, 0.15) is 0 Å². The summed E-state index contributed by atoms with van der Waals surface area (Å²) in [5.74, 6) is -0.169. The maximum atomic E-state index is 12.4. The van der Waals surface area contributed by atoms with Gasteiger partial charge in [0.05, 0.1) is 11.7 Å². The van der Waals surface area contributed by atoms with Crippen LogP contribution in [-0.2, 0) is 11.0 Å². The topological polar surface area (TPSA) is 49.3 Å². The smallest absolute Gasteiger partial charge is 0.387 e. The van der Waals surface area contributed by atoms with E-state index in [0.717, 1.165) is 25.0 Å². The van der Waals surface area contributed by atoms with Gasteiger partial charge in [0, 0.05) is 13.0 Å². The summed E-state index contributed by atoms with van der Waals surface area (Å²) in [6.45, 7) is 1.96. The highest BCUT2D eigenvalue weighted by atomic mass is 19.4. The molecule has 0 bridgehead atoms. The molecule has 3 nitrogen and oxygen atoms in total. The third-order valence-corrected chi connectivity index (χ3v) is 2.87. The highest BCUT2D eigenvalue weighted by molar-refractivity contribution is 5.75. The van der Waals surface area contributed by atoms with E-state index in [1.807, 2.05) is 6.92 Å². The molecule has 0 aliphatic carbocycles. The first-order chi connectivity index (χ1) is 9.34. The molecule has 20 heavy (non-hydrogen) atoms. The molecule has 6 heteroatoms. The molecule has 0 aromatic heterocycles. The molecule has 0 aliphatic heterocycles. The van der Waals surface area contributed by atoms with E-state index in [1.54, 1.807) is 0 Å². The molecule has 1 aromatic rings. The Kier molecular flexibility index (Phi) is 6.01. The van der Waals surface area contributed by atoms with E-state index in [0.29, 0.717) is 12.0 Å². The van der Waals surface area contributed by atoms with E-state index in [1.165, 1.54) is 12.1 Å². The Morgan fingerprint density at radius 1 is 1.30 bits per heavy atom. The van der Waals surface area contributed by atoms with Gasteiger partial charge in [-0.2, -0.15) is 13.2 Å². The van der Waals surface area contributed by atoms with Crippen molar-refractivity contribution in [3.63, 3.8) is 0 Å². The number of hydrogen-bond acceptors (Lipinski definition) is 2. The highest BCUT2D eigenvalue weighted by Gasteiger charge is 2.30. The summed E-state index contributed by atoms with van der Waals surface area (Å²) in [5, 5.41) is 12.3. The van der Waals surface area contributed by atoms with E-state index >= 15 is 0 Å². The molecule has 1 aromatic carbocycles. The number of nitrogens with one attached hydrogen (secondary N) is 1. The van der Waals surface area contributed by atoms with Crippen LogP contribution >= 0.6 is 0 Å². The van der Waals surface area contributed by atoms with E-state index < -0.39 is 17.8 Å². The van der Waals surface area contributed by atoms with Crippen molar-refractivity contribution in [2.75, 3.05) is 6.54 Å². The summed E-state index contributed by atoms with van der Waals surface area (Å²) in [4.78, 5) is 11.4. The molecule has 1 amide bonds. The third kappa shape index (κ3) is 5.21. The number of hydrogen-bond donors (Lipinski definition) is 2. The van der Waals surface area contributed by atoms with Crippen molar-refractivity contribution in [1.29, 1.82) is 0 Å². The van der Waals surface area contributed by atoms with Crippen molar-refractivity contribution in [3.05, 3.63) is 35.4 Å². The van der Waals surface area contributed by atoms with Crippen LogP contribution in [0.1, 0.15) is 43.4 Å². The fourth-order valence-electron chi connectivity index (χ4n) is 1.65. The van der Waals surface area contributed by atoms with Crippen LogP contribution < -0.4 is 5.32 Å². The SMILES string of the molecule is CCCCC(=O)NCC(O)c1ccc(C(F)(F)F)cc1. The highest BCUT2D eigenvalue weighted by Crippen LogP contribution is 2.29. The van der Waals surface area contributed by atoms with Gasteiger partial charge in [-0.3, -0.25) is 4.79 Å². The zero-order valence-electron chi connectivity index (χ0n) is 11.2. The van der Waals surface area contributed by atoms with E-state index in [-0.39, 0.29) is 12.5 Å². The summed E-state index contributed by atoms with van der Waals surface area (Å²) >= 11 is 0. The van der Waals surface area contributed by atoms with Crippen molar-refractivity contribution in [1.82, 2.24) is 5.32 Å². The number of aliphatic hydroxyl groups is 1. The minimum atomic E-state index is -4.39. The van der Waals surface area contributed by atoms with Gasteiger partial charge in [-0.05, 0) is 24.1 Å². The normalized spacial score (nSPS) is 13.1. The fourth-order valence-corrected chi connectivity index (χ4v) is 1.65. The van der Waals surface area contributed by atoms with Crippen LogP contribution in [0.4, 0.5) is 13.2 Å². The summed E-state index contributed by atoms with van der Waals surface area (Å²) in [6, 6.07) is 4.26. The van der Waals surface area contributed by atoms with Crippen LogP contribution in [0.3, 0.4) is 0 Å². The number of aliphatic hydroxyl groups excluding tert-OH is 1. The molecule has 0 saturated heterocycles. The first kappa shape index (κ1) is 16.5. The zero-order valence-corrected chi connectivity index (χ0v) is 11.2. The first-order valence-electron chi connectivity index (χ1n) is 6.46. The van der Waals surface area contributed by atoms with Crippen LogP contribution in [0, 0.1) is 0 Å². The summed E-state index contributed by atoms with van der Waals surface area (Å²) in [5.41, 5.74) is -0.422. The van der Waals surface area contributed by atoms with Gasteiger partial charge in [-0.15, -0.1) is 0 Å². The molecule has 1 atom stereocenters. The van der Waals surface area contributed by atoms with Gasteiger partial charge in [-0.25, -0.2) is 0 Å². The van der Waals surface area contributed by atoms with Gasteiger partial charge < -0.3 is 10.4 Å². The molecule has 0 fully saturated rings. The molecule has 1 rings (SSSR count). The molecule has 2 N–H and O–H groups in total. The van der Waals surface area contributed by atoms with Crippen LogP contribution in [0.25, 0.3) is 0 Å². The summed E-state index contributed by atoms with van der Waals surface area (Å²) in [6.07, 6.45) is -3.35. The molecule has 0 aliphatic rings. The first-order valence-corrected chi connectivity index (χ1v) is 6.46. The van der Waals surface area contributed by atoms with Crippen molar-refractivity contribution in [3.8, 4) is 0 Å². The Balaban J connectivity index is 2.51. The second-order valence-electron chi connectivity index (χ2n) is 4.54. The van der Waals surface area contributed by atoms with Crippen molar-refractivity contribution in [2.24, 2.45) is 0 Å². The number of rotatable bonds is 6. The van der Waals surface area contributed by atoms with Crippen LogP contribution in [-0.4, -0.2) is 17.6 Å². The Hall–Kier alpha value is -1.56. The van der Waals surface area contributed by atoms with Crippen molar-refractivity contribution >= 4 is 5.91 Å². The van der Waals surface area contributed by atoms with Crippen LogP contribution in [0.15, 0.2) is 24.3 Å². The molecule has 1 unspecified atom stereocenters. The molecular weight excluding hydrogens is 271 g/mol. The Morgan fingerprint density at radius 3 is 2.40 bits per heavy atom. The molecule has 0 heterocycles. The standard InChI is InChI=1S/C14H18F3NO2/c1-2-3-4-13(20)18-9-12(19)10-5-7-11(8-6-10)14(15,16)17/h5-8,12,19H,2-4,9H2,1H3,(H,18,20). The average Bonchev–Trinajstić information content (AvgIpc) is 2.41.